The molecule has 1 aliphatic rings. The monoisotopic (exact) mass is 482 g/mol. The molecule has 2 unspecified atom stereocenters. The summed E-state index contributed by atoms with van der Waals surface area (Å²) in [7, 11) is 0. The smallest absolute Gasteiger partial charge is 0.369 e. The first-order valence-electron chi connectivity index (χ1n) is 8.02. The Hall–Kier alpha value is -1.09. The highest BCUT2D eigenvalue weighted by atomic mass is 19.4. The maximum Gasteiger partial charge on any atom is 0.460 e. The molecule has 1 saturated heterocycles. The van der Waals surface area contributed by atoms with Crippen LogP contribution in [0.1, 0.15) is 32.6 Å². The van der Waals surface area contributed by atoms with Gasteiger partial charge in [-0.15, -0.1) is 0 Å². The molecule has 0 radical (unpaired) electrons. The number of rotatable bonds is 10. The third-order valence-electron chi connectivity index (χ3n) is 4.38. The van der Waals surface area contributed by atoms with E-state index in [1.165, 1.54) is 0 Å². The lowest BCUT2D eigenvalue weighted by atomic mass is 9.89. The van der Waals surface area contributed by atoms with Crippen LogP contribution >= 0.6 is 0 Å². The van der Waals surface area contributed by atoms with E-state index in [0.29, 0.717) is 12.8 Å². The molecule has 2 atom stereocenters. The van der Waals surface area contributed by atoms with Crippen LogP contribution in [0.2, 0.25) is 0 Å². The second-order valence-corrected chi connectivity index (χ2v) is 6.63. The van der Waals surface area contributed by atoms with Gasteiger partial charge in [0, 0.05) is 6.42 Å². The maximum absolute atomic E-state index is 13.6. The number of hydrogen-bond donors (Lipinski definition) is 0. The molecule has 1 aliphatic heterocycles. The number of unbranched alkanes of at least 4 members (excludes halogenated alkanes) is 1. The van der Waals surface area contributed by atoms with E-state index < -0.39 is 60.3 Å². The summed E-state index contributed by atoms with van der Waals surface area (Å²) in [4.78, 5) is 0. The van der Waals surface area contributed by atoms with Gasteiger partial charge < -0.3 is 4.74 Å². The summed E-state index contributed by atoms with van der Waals surface area (Å²) in [5.74, 6) is -46.1. The molecule has 1 rings (SSSR count). The Morgan fingerprint density at radius 3 is 1.37 bits per heavy atom. The van der Waals surface area contributed by atoms with Crippen LogP contribution in [0, 0.1) is 0 Å². The van der Waals surface area contributed by atoms with Crippen molar-refractivity contribution < 1.29 is 70.6 Å². The molecule has 0 saturated carbocycles. The Labute approximate surface area is 158 Å². The highest BCUT2D eigenvalue weighted by Gasteiger charge is 2.93. The molecule has 1 fully saturated rings. The standard InChI is InChI=1S/C14H13F15O/c1-2-3-4-6-7(30-6)5-8(15,16)9(17,18)10(19,20)11(21,22)12(23,24)13(25,26)14(27,28)29/h6-7H,2-5H2,1H3. The van der Waals surface area contributed by atoms with Crippen LogP contribution in [0.3, 0.4) is 0 Å². The predicted molar refractivity (Wildman–Crippen MR) is 68.5 cm³/mol. The average Bonchev–Trinajstić information content (AvgIpc) is 3.27. The zero-order valence-corrected chi connectivity index (χ0v) is 14.6. The topological polar surface area (TPSA) is 12.5 Å². The van der Waals surface area contributed by atoms with Gasteiger partial charge in [-0.25, -0.2) is 0 Å². The second-order valence-electron chi connectivity index (χ2n) is 6.63. The van der Waals surface area contributed by atoms with Crippen molar-refractivity contribution in [1.82, 2.24) is 0 Å². The molecule has 16 heteroatoms. The molecule has 0 aromatic rings. The zero-order chi connectivity index (χ0) is 24.2. The maximum atomic E-state index is 13.6. The van der Waals surface area contributed by atoms with Crippen molar-refractivity contribution in [2.24, 2.45) is 0 Å². The fourth-order valence-corrected chi connectivity index (χ4v) is 2.40. The van der Waals surface area contributed by atoms with Crippen LogP contribution in [0.15, 0.2) is 0 Å². The SMILES string of the molecule is CCCCC1OC1CC(F)(F)C(F)(F)C(F)(F)C(F)(F)C(F)(F)C(F)(F)C(F)(F)F. The molecule has 0 N–H and O–H groups in total. The Morgan fingerprint density at radius 1 is 0.567 bits per heavy atom. The van der Waals surface area contributed by atoms with Crippen LogP contribution in [-0.2, 0) is 4.74 Å². The Morgan fingerprint density at radius 2 is 0.967 bits per heavy atom. The summed E-state index contributed by atoms with van der Waals surface area (Å²) in [5, 5.41) is 0. The van der Waals surface area contributed by atoms with Crippen molar-refractivity contribution in [2.45, 2.75) is 86.5 Å². The van der Waals surface area contributed by atoms with Crippen molar-refractivity contribution in [3.63, 3.8) is 0 Å². The van der Waals surface area contributed by atoms with Crippen LogP contribution in [0.25, 0.3) is 0 Å². The predicted octanol–water partition coefficient (Wildman–Crippen LogP) is 6.71. The summed E-state index contributed by atoms with van der Waals surface area (Å²) in [6, 6.07) is 0. The highest BCUT2D eigenvalue weighted by Crippen LogP contribution is 2.63. The molecule has 0 aliphatic carbocycles. The van der Waals surface area contributed by atoms with E-state index in [1.807, 2.05) is 0 Å². The molecule has 30 heavy (non-hydrogen) atoms. The summed E-state index contributed by atoms with van der Waals surface area (Å²) >= 11 is 0. The average molecular weight is 482 g/mol. The van der Waals surface area contributed by atoms with Crippen molar-refractivity contribution >= 4 is 0 Å². The molecule has 0 amide bonds. The lowest BCUT2D eigenvalue weighted by molar-refractivity contribution is -0.452. The van der Waals surface area contributed by atoms with Crippen molar-refractivity contribution in [2.75, 3.05) is 0 Å². The Balaban J connectivity index is 3.25. The zero-order valence-electron chi connectivity index (χ0n) is 14.6. The largest absolute Gasteiger partial charge is 0.460 e. The van der Waals surface area contributed by atoms with E-state index in [4.69, 9.17) is 0 Å². The first-order valence-corrected chi connectivity index (χ1v) is 8.02. The molecule has 0 spiro atoms. The molecule has 0 bridgehead atoms. The van der Waals surface area contributed by atoms with Crippen LogP contribution in [-0.4, -0.2) is 53.9 Å². The van der Waals surface area contributed by atoms with Crippen molar-refractivity contribution in [3.8, 4) is 0 Å². The van der Waals surface area contributed by atoms with E-state index in [0.717, 1.165) is 0 Å². The van der Waals surface area contributed by atoms with Crippen LogP contribution in [0.5, 0.6) is 0 Å². The van der Waals surface area contributed by atoms with Crippen LogP contribution < -0.4 is 0 Å². The summed E-state index contributed by atoms with van der Waals surface area (Å²) in [6.45, 7) is 1.61. The van der Waals surface area contributed by atoms with Gasteiger partial charge in [0.05, 0.1) is 12.2 Å². The number of ether oxygens (including phenoxy) is 1. The summed E-state index contributed by atoms with van der Waals surface area (Å²) in [6.07, 6.45) is -12.3. The first kappa shape index (κ1) is 26.9. The minimum atomic E-state index is -8.24. The second kappa shape index (κ2) is 7.50. The van der Waals surface area contributed by atoms with E-state index in [9.17, 15) is 65.9 Å². The van der Waals surface area contributed by atoms with E-state index >= 15 is 0 Å². The van der Waals surface area contributed by atoms with Gasteiger partial charge in [0.1, 0.15) is 0 Å². The minimum absolute atomic E-state index is 0.0226. The van der Waals surface area contributed by atoms with Gasteiger partial charge in [-0.2, -0.15) is 65.9 Å². The molecule has 1 heterocycles. The van der Waals surface area contributed by atoms with E-state index in [-0.39, 0.29) is 6.42 Å². The molecule has 180 valence electrons. The van der Waals surface area contributed by atoms with E-state index in [2.05, 4.69) is 4.74 Å². The normalized spacial score (nSPS) is 22.4. The lowest BCUT2D eigenvalue weighted by Crippen LogP contribution is -2.72. The highest BCUT2D eigenvalue weighted by molar-refractivity contribution is 5.13. The lowest BCUT2D eigenvalue weighted by Gasteiger charge is -2.41. The van der Waals surface area contributed by atoms with Gasteiger partial charge in [-0.3, -0.25) is 0 Å². The number of hydrogen-bond acceptors (Lipinski definition) is 1. The van der Waals surface area contributed by atoms with Gasteiger partial charge in [-0.1, -0.05) is 19.8 Å². The molecular formula is C14H13F15O. The van der Waals surface area contributed by atoms with Gasteiger partial charge in [-0.05, 0) is 6.42 Å². The number of alkyl halides is 15. The molecule has 0 aromatic carbocycles. The van der Waals surface area contributed by atoms with Crippen LogP contribution in [0.4, 0.5) is 65.9 Å². The molecule has 0 aromatic heterocycles. The first-order chi connectivity index (χ1) is 13.0. The Bertz CT molecular complexity index is 609. The van der Waals surface area contributed by atoms with Crippen molar-refractivity contribution in [3.05, 3.63) is 0 Å². The fraction of sp³-hybridized carbons (Fsp3) is 1.00. The number of halogens is 15. The minimum Gasteiger partial charge on any atom is -0.369 e. The third-order valence-corrected chi connectivity index (χ3v) is 4.38. The Kier molecular flexibility index (Phi) is 6.74. The number of epoxide rings is 1. The van der Waals surface area contributed by atoms with Gasteiger partial charge >= 0.3 is 41.7 Å². The van der Waals surface area contributed by atoms with E-state index in [1.54, 1.807) is 6.92 Å². The summed E-state index contributed by atoms with van der Waals surface area (Å²) in [5.41, 5.74) is 0. The fourth-order valence-electron chi connectivity index (χ4n) is 2.40. The summed E-state index contributed by atoms with van der Waals surface area (Å²) < 4.78 is 200. The van der Waals surface area contributed by atoms with Gasteiger partial charge in [0.25, 0.3) is 0 Å². The van der Waals surface area contributed by atoms with Crippen molar-refractivity contribution in [1.29, 1.82) is 0 Å². The molecular weight excluding hydrogens is 469 g/mol. The van der Waals surface area contributed by atoms with Gasteiger partial charge in [0.2, 0.25) is 0 Å². The quantitative estimate of drug-likeness (QED) is 0.249. The third kappa shape index (κ3) is 3.92. The molecule has 1 nitrogen and oxygen atoms in total. The van der Waals surface area contributed by atoms with Gasteiger partial charge in [0.15, 0.2) is 0 Å².